The molecule has 1 rings (SSSR count). The second-order valence-corrected chi connectivity index (χ2v) is 4.32. The van der Waals surface area contributed by atoms with Crippen LogP contribution in [0, 0.1) is 5.92 Å². The molecule has 3 N–H and O–H groups in total. The van der Waals surface area contributed by atoms with Crippen LogP contribution in [0.1, 0.15) is 6.42 Å². The van der Waals surface area contributed by atoms with Gasteiger partial charge in [0.1, 0.15) is 0 Å². The number of amides is 1. The van der Waals surface area contributed by atoms with Gasteiger partial charge in [0, 0.05) is 51.7 Å². The molecule has 1 unspecified atom stereocenters. The van der Waals surface area contributed by atoms with Gasteiger partial charge in [-0.3, -0.25) is 4.79 Å². The number of carbonyl (C=O) groups is 1. The molecule has 0 radical (unpaired) electrons. The lowest BCUT2D eigenvalue weighted by Gasteiger charge is -2.34. The molecule has 0 bridgehead atoms. The first-order valence-corrected chi connectivity index (χ1v) is 5.42. The summed E-state index contributed by atoms with van der Waals surface area (Å²) in [5, 5.41) is 9.11. The third-order valence-electron chi connectivity index (χ3n) is 2.86. The van der Waals surface area contributed by atoms with Crippen LogP contribution in [0.25, 0.3) is 0 Å². The van der Waals surface area contributed by atoms with Gasteiger partial charge in [-0.25, -0.2) is 0 Å². The Morgan fingerprint density at radius 2 is 2.00 bits per heavy atom. The molecule has 0 saturated carbocycles. The summed E-state index contributed by atoms with van der Waals surface area (Å²) in [5.74, 6) is -0.339. The van der Waals surface area contributed by atoms with Crippen molar-refractivity contribution in [3.63, 3.8) is 0 Å². The van der Waals surface area contributed by atoms with Crippen LogP contribution in [-0.2, 0) is 4.79 Å². The van der Waals surface area contributed by atoms with E-state index in [1.165, 1.54) is 0 Å². The summed E-state index contributed by atoms with van der Waals surface area (Å²) in [5.41, 5.74) is 5.12. The smallest absolute Gasteiger partial charge is 0.217 e. The van der Waals surface area contributed by atoms with Gasteiger partial charge < -0.3 is 20.6 Å². The first kappa shape index (κ1) is 12.4. The lowest BCUT2D eigenvalue weighted by molar-refractivity contribution is -0.119. The third kappa shape index (κ3) is 4.59. The number of likely N-dealkylation sites (N-methyl/N-ethyl adjacent to an activating group) is 1. The molecule has 0 aliphatic carbocycles. The van der Waals surface area contributed by atoms with E-state index in [-0.39, 0.29) is 24.9 Å². The van der Waals surface area contributed by atoms with Crippen molar-refractivity contribution < 1.29 is 9.90 Å². The van der Waals surface area contributed by atoms with Gasteiger partial charge in [-0.15, -0.1) is 0 Å². The van der Waals surface area contributed by atoms with Gasteiger partial charge in [0.05, 0.1) is 0 Å². The monoisotopic (exact) mass is 215 g/mol. The van der Waals surface area contributed by atoms with Crippen molar-refractivity contribution in [2.45, 2.75) is 6.42 Å². The molecule has 5 nitrogen and oxygen atoms in total. The van der Waals surface area contributed by atoms with Crippen molar-refractivity contribution in [1.82, 2.24) is 9.80 Å². The van der Waals surface area contributed by atoms with E-state index in [1.807, 2.05) is 0 Å². The van der Waals surface area contributed by atoms with E-state index in [2.05, 4.69) is 16.8 Å². The summed E-state index contributed by atoms with van der Waals surface area (Å²) >= 11 is 0. The van der Waals surface area contributed by atoms with E-state index in [4.69, 9.17) is 10.8 Å². The minimum atomic E-state index is -0.330. The Morgan fingerprint density at radius 1 is 1.40 bits per heavy atom. The Labute approximate surface area is 90.8 Å². The minimum absolute atomic E-state index is 0.00842. The second kappa shape index (κ2) is 6.05. The molecule has 0 aromatic rings. The number of hydrogen-bond donors (Lipinski definition) is 2. The molecule has 5 heteroatoms. The quantitative estimate of drug-likeness (QED) is 0.599. The van der Waals surface area contributed by atoms with E-state index >= 15 is 0 Å². The summed E-state index contributed by atoms with van der Waals surface area (Å²) in [6.45, 7) is 4.92. The molecule has 15 heavy (non-hydrogen) atoms. The largest absolute Gasteiger partial charge is 0.396 e. The molecule has 0 aromatic carbocycles. The summed E-state index contributed by atoms with van der Waals surface area (Å²) in [4.78, 5) is 15.3. The van der Waals surface area contributed by atoms with Crippen molar-refractivity contribution >= 4 is 5.91 Å². The predicted molar refractivity (Wildman–Crippen MR) is 58.3 cm³/mol. The molecular weight excluding hydrogens is 194 g/mol. The number of piperazine rings is 1. The normalized spacial score (nSPS) is 21.5. The van der Waals surface area contributed by atoms with Gasteiger partial charge in [0.25, 0.3) is 0 Å². The SMILES string of the molecule is CN1CCN(CC(CO)CC(N)=O)CC1. The summed E-state index contributed by atoms with van der Waals surface area (Å²) < 4.78 is 0. The van der Waals surface area contributed by atoms with Crippen molar-refractivity contribution in [2.75, 3.05) is 46.4 Å². The van der Waals surface area contributed by atoms with Crippen LogP contribution >= 0.6 is 0 Å². The Hall–Kier alpha value is -0.650. The maximum absolute atomic E-state index is 10.7. The van der Waals surface area contributed by atoms with Crippen molar-refractivity contribution in [1.29, 1.82) is 0 Å². The summed E-state index contributed by atoms with van der Waals surface area (Å²) in [6.07, 6.45) is 0.281. The highest BCUT2D eigenvalue weighted by molar-refractivity contribution is 5.74. The number of hydrogen-bond acceptors (Lipinski definition) is 4. The number of aliphatic hydroxyl groups excluding tert-OH is 1. The lowest BCUT2D eigenvalue weighted by Crippen LogP contribution is -2.46. The van der Waals surface area contributed by atoms with Gasteiger partial charge in [-0.05, 0) is 7.05 Å². The Kier molecular flexibility index (Phi) is 5.01. The van der Waals surface area contributed by atoms with Crippen molar-refractivity contribution in [2.24, 2.45) is 11.7 Å². The van der Waals surface area contributed by atoms with Gasteiger partial charge in [-0.1, -0.05) is 0 Å². The fourth-order valence-electron chi connectivity index (χ4n) is 1.87. The molecule has 1 atom stereocenters. The highest BCUT2D eigenvalue weighted by Crippen LogP contribution is 2.07. The van der Waals surface area contributed by atoms with E-state index in [9.17, 15) is 4.79 Å². The van der Waals surface area contributed by atoms with Gasteiger partial charge in [0.15, 0.2) is 0 Å². The zero-order chi connectivity index (χ0) is 11.3. The van der Waals surface area contributed by atoms with E-state index in [0.717, 1.165) is 32.7 Å². The maximum Gasteiger partial charge on any atom is 0.217 e. The summed E-state index contributed by atoms with van der Waals surface area (Å²) in [7, 11) is 2.10. The maximum atomic E-state index is 10.7. The number of nitrogens with zero attached hydrogens (tertiary/aromatic N) is 2. The van der Waals surface area contributed by atoms with E-state index < -0.39 is 0 Å². The van der Waals surface area contributed by atoms with E-state index in [0.29, 0.717) is 0 Å². The molecule has 1 fully saturated rings. The van der Waals surface area contributed by atoms with Crippen LogP contribution in [0.15, 0.2) is 0 Å². The third-order valence-corrected chi connectivity index (χ3v) is 2.86. The Balaban J connectivity index is 2.28. The molecule has 1 aliphatic heterocycles. The fraction of sp³-hybridized carbons (Fsp3) is 0.900. The van der Waals surface area contributed by atoms with Gasteiger partial charge >= 0.3 is 0 Å². The average Bonchev–Trinajstić information content (AvgIpc) is 2.19. The number of rotatable bonds is 5. The Bertz CT molecular complexity index is 203. The van der Waals surface area contributed by atoms with Crippen LogP contribution in [0.2, 0.25) is 0 Å². The molecule has 0 spiro atoms. The second-order valence-electron chi connectivity index (χ2n) is 4.32. The molecular formula is C10H21N3O2. The first-order valence-electron chi connectivity index (χ1n) is 5.42. The number of primary amides is 1. The first-order chi connectivity index (χ1) is 7.11. The molecule has 1 saturated heterocycles. The standard InChI is InChI=1S/C10H21N3O2/c1-12-2-4-13(5-3-12)7-9(8-14)6-10(11)15/h9,14H,2-8H2,1H3,(H2,11,15). The zero-order valence-electron chi connectivity index (χ0n) is 9.35. The van der Waals surface area contributed by atoms with Crippen LogP contribution in [0.5, 0.6) is 0 Å². The number of nitrogens with two attached hydrogens (primary N) is 1. The highest BCUT2D eigenvalue weighted by Gasteiger charge is 2.19. The molecule has 1 aliphatic rings. The molecule has 1 amide bonds. The van der Waals surface area contributed by atoms with Crippen LogP contribution in [0.3, 0.4) is 0 Å². The van der Waals surface area contributed by atoms with Crippen molar-refractivity contribution in [3.05, 3.63) is 0 Å². The molecule has 1 heterocycles. The number of aliphatic hydroxyl groups is 1. The van der Waals surface area contributed by atoms with E-state index in [1.54, 1.807) is 0 Å². The fourth-order valence-corrected chi connectivity index (χ4v) is 1.87. The minimum Gasteiger partial charge on any atom is -0.396 e. The molecule has 0 aromatic heterocycles. The highest BCUT2D eigenvalue weighted by atomic mass is 16.3. The van der Waals surface area contributed by atoms with Crippen LogP contribution in [0.4, 0.5) is 0 Å². The van der Waals surface area contributed by atoms with Gasteiger partial charge in [0.2, 0.25) is 5.91 Å². The predicted octanol–water partition coefficient (Wildman–Crippen LogP) is -1.28. The van der Waals surface area contributed by atoms with Gasteiger partial charge in [-0.2, -0.15) is 0 Å². The average molecular weight is 215 g/mol. The van der Waals surface area contributed by atoms with Crippen molar-refractivity contribution in [3.8, 4) is 0 Å². The lowest BCUT2D eigenvalue weighted by atomic mass is 10.1. The molecule has 88 valence electrons. The number of carbonyl (C=O) groups excluding carboxylic acids is 1. The van der Waals surface area contributed by atoms with Crippen LogP contribution < -0.4 is 5.73 Å². The Morgan fingerprint density at radius 3 is 2.47 bits per heavy atom. The summed E-state index contributed by atoms with van der Waals surface area (Å²) in [6, 6.07) is 0. The topological polar surface area (TPSA) is 69.8 Å². The zero-order valence-corrected chi connectivity index (χ0v) is 9.35. The van der Waals surface area contributed by atoms with Crippen LogP contribution in [-0.4, -0.2) is 67.2 Å².